The lowest BCUT2D eigenvalue weighted by Crippen LogP contribution is -2.34. The Bertz CT molecular complexity index is 517. The van der Waals surface area contributed by atoms with Gasteiger partial charge < -0.3 is 10.6 Å². The molecular formula is C15H15N3O2. The van der Waals surface area contributed by atoms with E-state index in [1.54, 1.807) is 48.8 Å². The number of pyridine rings is 1. The molecule has 0 spiro atoms. The van der Waals surface area contributed by atoms with Crippen LogP contribution >= 0.6 is 0 Å². The summed E-state index contributed by atoms with van der Waals surface area (Å²) in [6.45, 7) is 0.754. The topological polar surface area (TPSA) is 71.1 Å². The number of amides is 2. The summed E-state index contributed by atoms with van der Waals surface area (Å²) in [5, 5.41) is 5.46. The van der Waals surface area contributed by atoms with E-state index in [1.165, 1.54) is 0 Å². The zero-order chi connectivity index (χ0) is 14.2. The highest BCUT2D eigenvalue weighted by Crippen LogP contribution is 1.97. The van der Waals surface area contributed by atoms with Crippen molar-refractivity contribution in [3.63, 3.8) is 0 Å². The molecule has 0 aliphatic rings. The van der Waals surface area contributed by atoms with E-state index in [9.17, 15) is 9.59 Å². The zero-order valence-electron chi connectivity index (χ0n) is 10.9. The lowest BCUT2D eigenvalue weighted by molar-refractivity contribution is 0.0927. The van der Waals surface area contributed by atoms with Crippen LogP contribution in [0.1, 0.15) is 20.7 Å². The van der Waals surface area contributed by atoms with E-state index in [0.717, 1.165) is 0 Å². The van der Waals surface area contributed by atoms with Crippen LogP contribution in [-0.2, 0) is 0 Å². The lowest BCUT2D eigenvalue weighted by Gasteiger charge is -2.07. The third-order valence-corrected chi connectivity index (χ3v) is 2.67. The molecule has 1 aromatic heterocycles. The van der Waals surface area contributed by atoms with Gasteiger partial charge in [0.25, 0.3) is 11.8 Å². The van der Waals surface area contributed by atoms with Gasteiger partial charge in [0, 0.05) is 36.6 Å². The summed E-state index contributed by atoms with van der Waals surface area (Å²) in [4.78, 5) is 27.3. The zero-order valence-corrected chi connectivity index (χ0v) is 10.9. The molecule has 102 valence electrons. The standard InChI is InChI=1S/C15H15N3O2/c19-14(12-4-2-1-3-5-12)17-10-11-18-15(20)13-6-8-16-9-7-13/h1-9H,10-11H2,(H,17,19)(H,18,20). The molecule has 1 aromatic carbocycles. The summed E-state index contributed by atoms with van der Waals surface area (Å²) in [5.41, 5.74) is 1.15. The van der Waals surface area contributed by atoms with Crippen LogP contribution < -0.4 is 10.6 Å². The van der Waals surface area contributed by atoms with Crippen LogP contribution in [0.5, 0.6) is 0 Å². The first kappa shape index (κ1) is 13.7. The molecule has 0 aliphatic carbocycles. The van der Waals surface area contributed by atoms with Crippen molar-refractivity contribution in [2.24, 2.45) is 0 Å². The van der Waals surface area contributed by atoms with E-state index >= 15 is 0 Å². The fraction of sp³-hybridized carbons (Fsp3) is 0.133. The molecular weight excluding hydrogens is 254 g/mol. The lowest BCUT2D eigenvalue weighted by atomic mass is 10.2. The van der Waals surface area contributed by atoms with Crippen LogP contribution in [0.25, 0.3) is 0 Å². The number of nitrogens with zero attached hydrogens (tertiary/aromatic N) is 1. The van der Waals surface area contributed by atoms with Crippen LogP contribution in [-0.4, -0.2) is 29.9 Å². The minimum atomic E-state index is -0.179. The molecule has 0 aliphatic heterocycles. The Kier molecular flexibility index (Phi) is 4.83. The van der Waals surface area contributed by atoms with Crippen molar-refractivity contribution < 1.29 is 9.59 Å². The maximum Gasteiger partial charge on any atom is 0.251 e. The normalized spacial score (nSPS) is 9.80. The molecule has 20 heavy (non-hydrogen) atoms. The van der Waals surface area contributed by atoms with E-state index in [-0.39, 0.29) is 11.8 Å². The maximum atomic E-state index is 11.7. The molecule has 0 radical (unpaired) electrons. The molecule has 0 unspecified atom stereocenters. The Morgan fingerprint density at radius 1 is 0.800 bits per heavy atom. The second kappa shape index (κ2) is 7.04. The third kappa shape index (κ3) is 3.91. The highest BCUT2D eigenvalue weighted by Gasteiger charge is 2.05. The number of hydrogen-bond donors (Lipinski definition) is 2. The predicted octanol–water partition coefficient (Wildman–Crippen LogP) is 1.24. The predicted molar refractivity (Wildman–Crippen MR) is 75.3 cm³/mol. The molecule has 0 saturated carbocycles. The SMILES string of the molecule is O=C(NCCNC(=O)c1ccncc1)c1ccccc1. The third-order valence-electron chi connectivity index (χ3n) is 2.67. The number of nitrogens with one attached hydrogen (secondary N) is 2. The van der Waals surface area contributed by atoms with Crippen LogP contribution in [0.3, 0.4) is 0 Å². The number of carbonyl (C=O) groups excluding carboxylic acids is 2. The maximum absolute atomic E-state index is 11.7. The number of rotatable bonds is 5. The largest absolute Gasteiger partial charge is 0.350 e. The summed E-state index contributed by atoms with van der Waals surface area (Å²) >= 11 is 0. The van der Waals surface area contributed by atoms with Crippen molar-refractivity contribution in [1.82, 2.24) is 15.6 Å². The quantitative estimate of drug-likeness (QED) is 0.802. The number of aromatic nitrogens is 1. The fourth-order valence-corrected chi connectivity index (χ4v) is 1.65. The number of carbonyl (C=O) groups is 2. The van der Waals surface area contributed by atoms with Crippen molar-refractivity contribution in [2.45, 2.75) is 0 Å². The number of hydrogen-bond acceptors (Lipinski definition) is 3. The molecule has 0 atom stereocenters. The Morgan fingerprint density at radius 3 is 1.85 bits per heavy atom. The summed E-state index contributed by atoms with van der Waals surface area (Å²) in [5.74, 6) is -0.329. The first-order valence-corrected chi connectivity index (χ1v) is 6.29. The molecule has 2 aromatic rings. The molecule has 2 rings (SSSR count). The molecule has 5 nitrogen and oxygen atoms in total. The molecule has 0 saturated heterocycles. The van der Waals surface area contributed by atoms with Gasteiger partial charge in [-0.2, -0.15) is 0 Å². The molecule has 2 N–H and O–H groups in total. The first-order chi connectivity index (χ1) is 9.77. The number of benzene rings is 1. The van der Waals surface area contributed by atoms with Gasteiger partial charge in [-0.05, 0) is 24.3 Å². The monoisotopic (exact) mass is 269 g/mol. The van der Waals surface area contributed by atoms with Crippen molar-refractivity contribution in [3.05, 3.63) is 66.0 Å². The highest BCUT2D eigenvalue weighted by molar-refractivity contribution is 5.95. The Labute approximate surface area is 117 Å². The molecule has 1 heterocycles. The van der Waals surface area contributed by atoms with Gasteiger partial charge in [-0.1, -0.05) is 18.2 Å². The van der Waals surface area contributed by atoms with Crippen LogP contribution in [0, 0.1) is 0 Å². The van der Waals surface area contributed by atoms with Crippen molar-refractivity contribution >= 4 is 11.8 Å². The van der Waals surface area contributed by atoms with Crippen LogP contribution in [0.15, 0.2) is 54.9 Å². The van der Waals surface area contributed by atoms with Crippen LogP contribution in [0.4, 0.5) is 0 Å². The van der Waals surface area contributed by atoms with Crippen molar-refractivity contribution in [2.75, 3.05) is 13.1 Å². The summed E-state index contributed by atoms with van der Waals surface area (Å²) in [6, 6.07) is 12.2. The van der Waals surface area contributed by atoms with E-state index in [4.69, 9.17) is 0 Å². The van der Waals surface area contributed by atoms with E-state index < -0.39 is 0 Å². The van der Waals surface area contributed by atoms with Gasteiger partial charge in [0.2, 0.25) is 0 Å². The van der Waals surface area contributed by atoms with E-state index in [1.807, 2.05) is 6.07 Å². The minimum absolute atomic E-state index is 0.149. The minimum Gasteiger partial charge on any atom is -0.350 e. The van der Waals surface area contributed by atoms with E-state index in [0.29, 0.717) is 24.2 Å². The Hall–Kier alpha value is -2.69. The molecule has 0 bridgehead atoms. The first-order valence-electron chi connectivity index (χ1n) is 6.29. The van der Waals surface area contributed by atoms with Crippen LogP contribution in [0.2, 0.25) is 0 Å². The highest BCUT2D eigenvalue weighted by atomic mass is 16.2. The molecule has 2 amide bonds. The summed E-state index contributed by atoms with van der Waals surface area (Å²) in [7, 11) is 0. The smallest absolute Gasteiger partial charge is 0.251 e. The molecule has 5 heteroatoms. The van der Waals surface area contributed by atoms with Gasteiger partial charge in [0.1, 0.15) is 0 Å². The Morgan fingerprint density at radius 2 is 1.30 bits per heavy atom. The molecule has 0 fully saturated rings. The van der Waals surface area contributed by atoms with Crippen molar-refractivity contribution in [1.29, 1.82) is 0 Å². The second-order valence-corrected chi connectivity index (χ2v) is 4.11. The average molecular weight is 269 g/mol. The fourth-order valence-electron chi connectivity index (χ4n) is 1.65. The van der Waals surface area contributed by atoms with Gasteiger partial charge in [-0.25, -0.2) is 0 Å². The van der Waals surface area contributed by atoms with Gasteiger partial charge in [0.05, 0.1) is 0 Å². The Balaban J connectivity index is 1.72. The second-order valence-electron chi connectivity index (χ2n) is 4.11. The average Bonchev–Trinajstić information content (AvgIpc) is 2.53. The summed E-state index contributed by atoms with van der Waals surface area (Å²) < 4.78 is 0. The van der Waals surface area contributed by atoms with Gasteiger partial charge >= 0.3 is 0 Å². The van der Waals surface area contributed by atoms with Gasteiger partial charge in [0.15, 0.2) is 0 Å². The summed E-state index contributed by atoms with van der Waals surface area (Å²) in [6.07, 6.45) is 3.12. The van der Waals surface area contributed by atoms with E-state index in [2.05, 4.69) is 15.6 Å². The van der Waals surface area contributed by atoms with Gasteiger partial charge in [-0.3, -0.25) is 14.6 Å². The van der Waals surface area contributed by atoms with Crippen molar-refractivity contribution in [3.8, 4) is 0 Å². The van der Waals surface area contributed by atoms with Gasteiger partial charge in [-0.15, -0.1) is 0 Å².